The van der Waals surface area contributed by atoms with E-state index in [1.165, 1.54) is 13.2 Å². The van der Waals surface area contributed by atoms with Gasteiger partial charge in [0.15, 0.2) is 11.6 Å². The number of hydrogen-bond donors (Lipinski definition) is 1. The van der Waals surface area contributed by atoms with Crippen molar-refractivity contribution in [2.24, 2.45) is 5.92 Å². The van der Waals surface area contributed by atoms with E-state index in [0.29, 0.717) is 24.6 Å². The highest BCUT2D eigenvalue weighted by atomic mass is 19.1. The molecule has 33 heavy (non-hydrogen) atoms. The molecule has 3 heterocycles. The lowest BCUT2D eigenvalue weighted by molar-refractivity contribution is -0.131. The summed E-state index contributed by atoms with van der Waals surface area (Å²) in [6, 6.07) is 11.2. The van der Waals surface area contributed by atoms with Crippen molar-refractivity contribution >= 4 is 11.7 Å². The number of fused-ring (bicyclic) bond motifs is 2. The number of ether oxygens (including phenoxy) is 1. The maximum atomic E-state index is 13.8. The highest BCUT2D eigenvalue weighted by molar-refractivity contribution is 5.79. The molecule has 172 valence electrons. The monoisotopic (exact) mass is 449 g/mol. The molecule has 5 rings (SSSR count). The summed E-state index contributed by atoms with van der Waals surface area (Å²) in [6.45, 7) is 3.81. The highest BCUT2D eigenvalue weighted by Gasteiger charge is 2.47. The van der Waals surface area contributed by atoms with Crippen LogP contribution < -0.4 is 15.0 Å². The zero-order chi connectivity index (χ0) is 23.2. The third kappa shape index (κ3) is 3.91. The molecule has 0 spiro atoms. The zero-order valence-corrected chi connectivity index (χ0v) is 18.9. The summed E-state index contributed by atoms with van der Waals surface area (Å²) in [5.41, 5.74) is 1.22. The van der Waals surface area contributed by atoms with Crippen LogP contribution in [0.25, 0.3) is 0 Å². The molecule has 2 unspecified atom stereocenters. The number of carbonyl (C=O) groups excluding carboxylic acids is 1. The second-order valence-corrected chi connectivity index (χ2v) is 9.44. The van der Waals surface area contributed by atoms with Crippen molar-refractivity contribution in [1.82, 2.24) is 15.2 Å². The van der Waals surface area contributed by atoms with E-state index in [0.717, 1.165) is 30.6 Å². The van der Waals surface area contributed by atoms with Crippen LogP contribution in [0.4, 0.5) is 10.2 Å². The maximum absolute atomic E-state index is 13.8. The van der Waals surface area contributed by atoms with Crippen LogP contribution >= 0.6 is 0 Å². The van der Waals surface area contributed by atoms with Crippen molar-refractivity contribution in [2.45, 2.75) is 43.8 Å². The lowest BCUT2D eigenvalue weighted by Gasteiger charge is -2.42. The number of anilines is 1. The van der Waals surface area contributed by atoms with E-state index >= 15 is 0 Å². The average Bonchev–Trinajstić information content (AvgIpc) is 3.60. The van der Waals surface area contributed by atoms with Gasteiger partial charge in [-0.1, -0.05) is 13.0 Å². The molecule has 1 aliphatic carbocycles. The molecule has 2 bridgehead atoms. The number of benzene rings is 1. The minimum absolute atomic E-state index is 0.0897. The van der Waals surface area contributed by atoms with Crippen LogP contribution in [-0.2, 0) is 10.3 Å². The molecule has 1 aromatic heterocycles. The predicted octanol–water partition coefficient (Wildman–Crippen LogP) is 2.81. The number of nitrogens with one attached hydrogen (secondary N) is 1. The molecule has 1 saturated carbocycles. The SMILES string of the molecule is COc1cc(C2(NCC(=O)N3CC4C[C@H](C)C(C3)N4c3ccc(C#N)cn3)CC2)ccc1F. The Bertz CT molecular complexity index is 1090. The molecule has 2 aliphatic heterocycles. The first-order valence-electron chi connectivity index (χ1n) is 11.5. The average molecular weight is 450 g/mol. The number of pyridine rings is 1. The number of halogens is 1. The highest BCUT2D eigenvalue weighted by Crippen LogP contribution is 2.46. The largest absolute Gasteiger partial charge is 0.494 e. The Labute approximate surface area is 193 Å². The molecule has 3 atom stereocenters. The molecule has 1 N–H and O–H groups in total. The minimum atomic E-state index is -0.382. The van der Waals surface area contributed by atoms with Gasteiger partial charge in [0.25, 0.3) is 0 Å². The molecule has 3 fully saturated rings. The van der Waals surface area contributed by atoms with Gasteiger partial charge in [-0.15, -0.1) is 0 Å². The second kappa shape index (κ2) is 8.31. The third-order valence-corrected chi connectivity index (χ3v) is 7.42. The van der Waals surface area contributed by atoms with Gasteiger partial charge >= 0.3 is 0 Å². The Hall–Kier alpha value is -3.18. The molecule has 2 saturated heterocycles. The van der Waals surface area contributed by atoms with Crippen molar-refractivity contribution in [3.63, 3.8) is 0 Å². The number of aromatic nitrogens is 1. The summed E-state index contributed by atoms with van der Waals surface area (Å²) in [5, 5.41) is 12.5. The van der Waals surface area contributed by atoms with Gasteiger partial charge in [-0.25, -0.2) is 9.37 Å². The summed E-state index contributed by atoms with van der Waals surface area (Å²) < 4.78 is 18.9. The number of nitrogens with zero attached hydrogens (tertiary/aromatic N) is 4. The van der Waals surface area contributed by atoms with Crippen molar-refractivity contribution in [1.29, 1.82) is 5.26 Å². The Morgan fingerprint density at radius 2 is 2.15 bits per heavy atom. The number of piperazine rings is 1. The Kier molecular flexibility index (Phi) is 5.45. The van der Waals surface area contributed by atoms with E-state index in [1.807, 2.05) is 11.0 Å². The van der Waals surface area contributed by atoms with Crippen LogP contribution in [0, 0.1) is 23.1 Å². The summed E-state index contributed by atoms with van der Waals surface area (Å²) >= 11 is 0. The van der Waals surface area contributed by atoms with Gasteiger partial charge in [0.2, 0.25) is 5.91 Å². The van der Waals surface area contributed by atoms with Gasteiger partial charge in [0, 0.05) is 30.9 Å². The number of amides is 1. The van der Waals surface area contributed by atoms with Crippen molar-refractivity contribution in [3.05, 3.63) is 53.5 Å². The molecule has 0 radical (unpaired) electrons. The van der Waals surface area contributed by atoms with Crippen LogP contribution in [0.15, 0.2) is 36.5 Å². The fraction of sp³-hybridized carbons (Fsp3) is 0.480. The summed E-state index contributed by atoms with van der Waals surface area (Å²) in [4.78, 5) is 21.9. The smallest absolute Gasteiger partial charge is 0.236 e. The standard InChI is InChI=1S/C25H28FN5O2/c1-16-9-19-14-30(15-21(16)31(19)23-6-3-17(11-27)12-28-23)24(32)13-29-25(7-8-25)18-4-5-20(26)22(10-18)33-2/h3-6,10,12,16,19,21,29H,7-9,13-15H2,1-2H3/t16-,19?,21?/m0/s1. The number of rotatable bonds is 6. The molecule has 1 amide bonds. The van der Waals surface area contributed by atoms with E-state index in [9.17, 15) is 9.18 Å². The topological polar surface area (TPSA) is 81.5 Å². The minimum Gasteiger partial charge on any atom is -0.494 e. The fourth-order valence-corrected chi connectivity index (χ4v) is 5.40. The molecular formula is C25H28FN5O2. The quantitative estimate of drug-likeness (QED) is 0.731. The summed E-state index contributed by atoms with van der Waals surface area (Å²) in [6.07, 6.45) is 4.45. The second-order valence-electron chi connectivity index (χ2n) is 9.44. The lowest BCUT2D eigenvalue weighted by Crippen LogP contribution is -2.58. The van der Waals surface area contributed by atoms with Crippen molar-refractivity contribution in [2.75, 3.05) is 31.6 Å². The molecule has 3 aliphatic rings. The maximum Gasteiger partial charge on any atom is 0.236 e. The first-order chi connectivity index (χ1) is 15.9. The first kappa shape index (κ1) is 21.7. The van der Waals surface area contributed by atoms with Crippen LogP contribution in [0.2, 0.25) is 0 Å². The Balaban J connectivity index is 1.24. The van der Waals surface area contributed by atoms with Gasteiger partial charge in [-0.05, 0) is 55.0 Å². The Morgan fingerprint density at radius 1 is 1.33 bits per heavy atom. The Morgan fingerprint density at radius 3 is 2.79 bits per heavy atom. The molecule has 2 aromatic rings. The summed E-state index contributed by atoms with van der Waals surface area (Å²) in [7, 11) is 1.46. The normalized spacial score (nSPS) is 25.0. The van der Waals surface area contributed by atoms with Crippen molar-refractivity contribution < 1.29 is 13.9 Å². The van der Waals surface area contributed by atoms with E-state index in [-0.39, 0.29) is 41.6 Å². The molecule has 1 aromatic carbocycles. The van der Waals surface area contributed by atoms with Gasteiger partial charge in [0.05, 0.1) is 25.3 Å². The van der Waals surface area contributed by atoms with Gasteiger partial charge in [-0.3, -0.25) is 10.1 Å². The number of hydrogen-bond acceptors (Lipinski definition) is 6. The molecule has 8 heteroatoms. The van der Waals surface area contributed by atoms with Crippen LogP contribution in [0.3, 0.4) is 0 Å². The van der Waals surface area contributed by atoms with Crippen LogP contribution in [-0.4, -0.2) is 54.6 Å². The fourth-order valence-electron chi connectivity index (χ4n) is 5.40. The van der Waals surface area contributed by atoms with E-state index in [4.69, 9.17) is 10.00 Å². The van der Waals surface area contributed by atoms with Gasteiger partial charge in [0.1, 0.15) is 11.9 Å². The first-order valence-corrected chi connectivity index (χ1v) is 11.5. The van der Waals surface area contributed by atoms with Crippen LogP contribution in [0.1, 0.15) is 37.3 Å². The lowest BCUT2D eigenvalue weighted by atomic mass is 10.0. The molecule has 7 nitrogen and oxygen atoms in total. The van der Waals surface area contributed by atoms with Crippen LogP contribution in [0.5, 0.6) is 5.75 Å². The third-order valence-electron chi connectivity index (χ3n) is 7.42. The van der Waals surface area contributed by atoms with E-state index in [2.05, 4.69) is 28.2 Å². The number of carbonyl (C=O) groups is 1. The van der Waals surface area contributed by atoms with E-state index < -0.39 is 0 Å². The zero-order valence-electron chi connectivity index (χ0n) is 18.9. The number of likely N-dealkylation sites (tertiary alicyclic amines) is 1. The number of nitriles is 1. The number of methoxy groups -OCH3 is 1. The van der Waals surface area contributed by atoms with E-state index in [1.54, 1.807) is 24.4 Å². The van der Waals surface area contributed by atoms with Gasteiger partial charge in [-0.2, -0.15) is 5.26 Å². The van der Waals surface area contributed by atoms with Crippen molar-refractivity contribution in [3.8, 4) is 11.8 Å². The predicted molar refractivity (Wildman–Crippen MR) is 121 cm³/mol. The summed E-state index contributed by atoms with van der Waals surface area (Å²) in [5.74, 6) is 1.27. The van der Waals surface area contributed by atoms with Gasteiger partial charge < -0.3 is 14.5 Å². The molecular weight excluding hydrogens is 421 g/mol.